The van der Waals surface area contributed by atoms with Crippen molar-refractivity contribution in [2.75, 3.05) is 27.2 Å². The second kappa shape index (κ2) is 8.03. The Morgan fingerprint density at radius 3 is 2.61 bits per heavy atom. The zero-order valence-electron chi connectivity index (χ0n) is 16.1. The molecule has 6 heteroatoms. The van der Waals surface area contributed by atoms with Gasteiger partial charge in [-0.15, -0.1) is 0 Å². The Morgan fingerprint density at radius 1 is 1.18 bits per heavy atom. The molecular weight excluding hydrogens is 375 g/mol. The molecule has 0 aliphatic carbocycles. The molecule has 1 atom stereocenters. The first-order chi connectivity index (χ1) is 13.5. The van der Waals surface area contributed by atoms with E-state index in [1.54, 1.807) is 12.1 Å². The molecule has 0 amide bonds. The number of aromatic nitrogens is 2. The van der Waals surface area contributed by atoms with Gasteiger partial charge in [0.15, 0.2) is 0 Å². The highest BCUT2D eigenvalue weighted by molar-refractivity contribution is 6.33. The van der Waals surface area contributed by atoms with Gasteiger partial charge in [0.25, 0.3) is 0 Å². The van der Waals surface area contributed by atoms with E-state index in [2.05, 4.69) is 23.9 Å². The van der Waals surface area contributed by atoms with E-state index >= 15 is 0 Å². The highest BCUT2D eigenvalue weighted by Gasteiger charge is 2.25. The molecule has 1 aromatic heterocycles. The maximum Gasteiger partial charge on any atom is 0.123 e. The van der Waals surface area contributed by atoms with Gasteiger partial charge in [0, 0.05) is 36.5 Å². The van der Waals surface area contributed by atoms with E-state index in [1.165, 1.54) is 18.6 Å². The van der Waals surface area contributed by atoms with Gasteiger partial charge in [-0.05, 0) is 57.4 Å². The fourth-order valence-electron chi connectivity index (χ4n) is 3.80. The molecule has 0 spiro atoms. The van der Waals surface area contributed by atoms with Gasteiger partial charge in [-0.2, -0.15) is 5.10 Å². The molecule has 3 aromatic rings. The second-order valence-electron chi connectivity index (χ2n) is 7.52. The molecule has 0 unspecified atom stereocenters. The zero-order chi connectivity index (χ0) is 19.7. The minimum Gasteiger partial charge on any atom is -0.305 e. The molecule has 0 bridgehead atoms. The number of hydrogen-bond acceptors (Lipinski definition) is 3. The van der Waals surface area contributed by atoms with Crippen molar-refractivity contribution in [3.8, 4) is 16.9 Å². The number of halogens is 2. The summed E-state index contributed by atoms with van der Waals surface area (Å²) in [5.74, 6) is -0.257. The van der Waals surface area contributed by atoms with Crippen LogP contribution < -0.4 is 0 Å². The largest absolute Gasteiger partial charge is 0.305 e. The van der Waals surface area contributed by atoms with E-state index in [1.807, 2.05) is 35.1 Å². The van der Waals surface area contributed by atoms with Crippen molar-refractivity contribution in [1.82, 2.24) is 19.6 Å². The third kappa shape index (κ3) is 3.97. The molecule has 1 fully saturated rings. The van der Waals surface area contributed by atoms with Gasteiger partial charge in [-0.25, -0.2) is 9.07 Å². The topological polar surface area (TPSA) is 24.3 Å². The van der Waals surface area contributed by atoms with Crippen molar-refractivity contribution in [1.29, 1.82) is 0 Å². The van der Waals surface area contributed by atoms with Crippen LogP contribution in [0.3, 0.4) is 0 Å². The average Bonchev–Trinajstić information content (AvgIpc) is 3.29. The lowest BCUT2D eigenvalue weighted by molar-refractivity contribution is 0.234. The van der Waals surface area contributed by atoms with Gasteiger partial charge >= 0.3 is 0 Å². The van der Waals surface area contributed by atoms with E-state index in [4.69, 9.17) is 16.7 Å². The summed E-state index contributed by atoms with van der Waals surface area (Å²) in [6.45, 7) is 2.98. The van der Waals surface area contributed by atoms with Gasteiger partial charge in [0.05, 0.1) is 16.4 Å². The summed E-state index contributed by atoms with van der Waals surface area (Å²) in [6, 6.07) is 14.7. The molecule has 1 aliphatic rings. The molecule has 4 rings (SSSR count). The number of hydrogen-bond donors (Lipinski definition) is 0. The number of nitrogens with zero attached hydrogens (tertiary/aromatic N) is 4. The van der Waals surface area contributed by atoms with E-state index in [0.717, 1.165) is 42.1 Å². The van der Waals surface area contributed by atoms with Crippen LogP contribution in [0.15, 0.2) is 54.7 Å². The van der Waals surface area contributed by atoms with Crippen molar-refractivity contribution >= 4 is 11.6 Å². The number of likely N-dealkylation sites (N-methyl/N-ethyl adjacent to an activating group) is 2. The molecule has 28 heavy (non-hydrogen) atoms. The zero-order valence-corrected chi connectivity index (χ0v) is 16.9. The first-order valence-corrected chi connectivity index (χ1v) is 9.87. The molecule has 1 aliphatic heterocycles. The van der Waals surface area contributed by atoms with Crippen molar-refractivity contribution in [3.05, 3.63) is 71.1 Å². The van der Waals surface area contributed by atoms with Crippen molar-refractivity contribution < 1.29 is 4.39 Å². The molecule has 2 aromatic carbocycles. The van der Waals surface area contributed by atoms with Crippen LogP contribution >= 0.6 is 11.6 Å². The van der Waals surface area contributed by atoms with Crippen LogP contribution in [0.4, 0.5) is 4.39 Å². The van der Waals surface area contributed by atoms with Crippen LogP contribution in [0.25, 0.3) is 16.9 Å². The van der Waals surface area contributed by atoms with Gasteiger partial charge in [-0.1, -0.05) is 29.8 Å². The van der Waals surface area contributed by atoms with Gasteiger partial charge in [0.2, 0.25) is 0 Å². The summed E-state index contributed by atoms with van der Waals surface area (Å²) in [5, 5.41) is 5.49. The minimum absolute atomic E-state index is 0.257. The normalized spacial score (nSPS) is 17.5. The average molecular weight is 399 g/mol. The predicted molar refractivity (Wildman–Crippen MR) is 111 cm³/mol. The van der Waals surface area contributed by atoms with E-state index in [-0.39, 0.29) is 5.82 Å². The quantitative estimate of drug-likeness (QED) is 0.633. The number of likely N-dealkylation sites (tertiary alicyclic amines) is 1. The number of rotatable bonds is 5. The van der Waals surface area contributed by atoms with Gasteiger partial charge in [0.1, 0.15) is 5.82 Å². The summed E-state index contributed by atoms with van der Waals surface area (Å²) in [5.41, 5.74) is 3.71. The van der Waals surface area contributed by atoms with Crippen LogP contribution in [-0.2, 0) is 6.54 Å². The Hall–Kier alpha value is -2.21. The molecule has 0 radical (unpaired) electrons. The third-order valence-corrected chi connectivity index (χ3v) is 5.75. The lowest BCUT2D eigenvalue weighted by Crippen LogP contribution is -2.33. The smallest absolute Gasteiger partial charge is 0.123 e. The first kappa shape index (κ1) is 19.1. The third-order valence-electron chi connectivity index (χ3n) is 5.42. The lowest BCUT2D eigenvalue weighted by Gasteiger charge is -2.24. The fourth-order valence-corrected chi connectivity index (χ4v) is 4.03. The van der Waals surface area contributed by atoms with Gasteiger partial charge in [-0.3, -0.25) is 4.90 Å². The summed E-state index contributed by atoms with van der Waals surface area (Å²) >= 11 is 6.47. The highest BCUT2D eigenvalue weighted by atomic mass is 35.5. The minimum atomic E-state index is -0.257. The van der Waals surface area contributed by atoms with Crippen molar-refractivity contribution in [2.24, 2.45) is 0 Å². The van der Waals surface area contributed by atoms with Crippen LogP contribution in [0.2, 0.25) is 5.02 Å². The Bertz CT molecular complexity index is 953. The molecule has 0 saturated carbocycles. The summed E-state index contributed by atoms with van der Waals surface area (Å²) in [7, 11) is 4.32. The van der Waals surface area contributed by atoms with E-state index in [9.17, 15) is 4.39 Å². The first-order valence-electron chi connectivity index (χ1n) is 9.49. The molecule has 2 heterocycles. The van der Waals surface area contributed by atoms with E-state index < -0.39 is 0 Å². The fraction of sp³-hybridized carbons (Fsp3) is 0.318. The van der Waals surface area contributed by atoms with Crippen LogP contribution in [0.5, 0.6) is 0 Å². The van der Waals surface area contributed by atoms with Crippen LogP contribution in [0, 0.1) is 5.82 Å². The second-order valence-corrected chi connectivity index (χ2v) is 7.93. The lowest BCUT2D eigenvalue weighted by atomic mass is 10.1. The SMILES string of the molecule is CN1CC[C@@H](N(C)Cc2cn(-c3ccc(F)cc3)nc2-c2ccccc2Cl)C1. The highest BCUT2D eigenvalue weighted by Crippen LogP contribution is 2.31. The number of benzene rings is 2. The molecule has 0 N–H and O–H groups in total. The summed E-state index contributed by atoms with van der Waals surface area (Å²) < 4.78 is 15.1. The molecule has 1 saturated heterocycles. The maximum absolute atomic E-state index is 13.3. The van der Waals surface area contributed by atoms with E-state index in [0.29, 0.717) is 11.1 Å². The Balaban J connectivity index is 1.70. The van der Waals surface area contributed by atoms with Gasteiger partial charge < -0.3 is 4.90 Å². The Labute approximate surface area is 170 Å². The van der Waals surface area contributed by atoms with Crippen molar-refractivity contribution in [3.63, 3.8) is 0 Å². The van der Waals surface area contributed by atoms with Crippen LogP contribution in [-0.4, -0.2) is 52.8 Å². The summed E-state index contributed by atoms with van der Waals surface area (Å²) in [4.78, 5) is 4.74. The Kier molecular flexibility index (Phi) is 5.49. The molecule has 4 nitrogen and oxygen atoms in total. The standard InChI is InChI=1S/C22H24ClFN4/c1-26-12-11-19(15-26)27(2)13-16-14-28(18-9-7-17(24)8-10-18)25-22(16)20-5-3-4-6-21(20)23/h3-10,14,19H,11-13,15H2,1-2H3/t19-/m1/s1. The Morgan fingerprint density at radius 2 is 1.93 bits per heavy atom. The molecular formula is C22H24ClFN4. The molecule has 146 valence electrons. The predicted octanol–water partition coefficient (Wildman–Crippen LogP) is 4.47. The summed E-state index contributed by atoms with van der Waals surface area (Å²) in [6.07, 6.45) is 3.20. The van der Waals surface area contributed by atoms with Crippen molar-refractivity contribution in [2.45, 2.75) is 19.0 Å². The monoisotopic (exact) mass is 398 g/mol. The van der Waals surface area contributed by atoms with Crippen LogP contribution in [0.1, 0.15) is 12.0 Å². The maximum atomic E-state index is 13.3.